The summed E-state index contributed by atoms with van der Waals surface area (Å²) < 4.78 is 5.88. The molecule has 0 N–H and O–H groups in total. The third-order valence-corrected chi connectivity index (χ3v) is 5.45. The topological polar surface area (TPSA) is 36.0 Å². The summed E-state index contributed by atoms with van der Waals surface area (Å²) in [4.78, 5) is 17.7. The Morgan fingerprint density at radius 1 is 1.08 bits per heavy atom. The molecule has 2 aliphatic heterocycles. The fraction of sp³-hybridized carbons (Fsp3) is 0.650. The number of carbonyl (C=O) groups excluding carboxylic acids is 1. The summed E-state index contributed by atoms with van der Waals surface area (Å²) in [5, 5.41) is 0. The van der Waals surface area contributed by atoms with Gasteiger partial charge in [0, 0.05) is 39.3 Å². The van der Waals surface area contributed by atoms with Crippen molar-refractivity contribution in [2.75, 3.05) is 59.0 Å². The highest BCUT2D eigenvalue weighted by atomic mass is 16.5. The highest BCUT2D eigenvalue weighted by molar-refractivity contribution is 5.47. The molecule has 138 valence electrons. The number of benzene rings is 1. The first kappa shape index (κ1) is 18.2. The number of nitrogens with zero attached hydrogens (tertiary/aromatic N) is 3. The number of piperidine rings is 1. The van der Waals surface area contributed by atoms with E-state index in [0.717, 1.165) is 57.4 Å². The van der Waals surface area contributed by atoms with Crippen molar-refractivity contribution in [3.8, 4) is 5.75 Å². The molecule has 0 saturated carbocycles. The number of ether oxygens (including phenoxy) is 1. The van der Waals surface area contributed by atoms with Gasteiger partial charge >= 0.3 is 0 Å². The Kier molecular flexibility index (Phi) is 6.70. The van der Waals surface area contributed by atoms with Crippen molar-refractivity contribution in [1.29, 1.82) is 0 Å². The van der Waals surface area contributed by atoms with Crippen molar-refractivity contribution < 1.29 is 9.53 Å². The summed E-state index contributed by atoms with van der Waals surface area (Å²) >= 11 is 0. The van der Waals surface area contributed by atoms with Gasteiger partial charge in [0.1, 0.15) is 12.4 Å². The van der Waals surface area contributed by atoms with E-state index in [1.165, 1.54) is 38.0 Å². The highest BCUT2D eigenvalue weighted by Crippen LogP contribution is 2.19. The first-order valence-corrected chi connectivity index (χ1v) is 9.56. The van der Waals surface area contributed by atoms with Crippen LogP contribution < -0.4 is 4.74 Å². The molecule has 1 amide bonds. The van der Waals surface area contributed by atoms with Crippen LogP contribution >= 0.6 is 0 Å². The van der Waals surface area contributed by atoms with Gasteiger partial charge in [-0.2, -0.15) is 0 Å². The fourth-order valence-corrected chi connectivity index (χ4v) is 3.81. The molecule has 3 rings (SSSR count). The number of hydrogen-bond acceptors (Lipinski definition) is 4. The number of amides is 1. The van der Waals surface area contributed by atoms with Crippen LogP contribution in [0.15, 0.2) is 24.3 Å². The molecule has 0 unspecified atom stereocenters. The van der Waals surface area contributed by atoms with Crippen LogP contribution in [-0.2, 0) is 4.79 Å². The second-order valence-electron chi connectivity index (χ2n) is 7.39. The van der Waals surface area contributed by atoms with Gasteiger partial charge in [-0.3, -0.25) is 14.6 Å². The highest BCUT2D eigenvalue weighted by Gasteiger charge is 2.23. The van der Waals surface area contributed by atoms with E-state index in [9.17, 15) is 4.79 Å². The molecule has 1 aromatic rings. The Morgan fingerprint density at radius 3 is 2.52 bits per heavy atom. The Morgan fingerprint density at radius 2 is 1.84 bits per heavy atom. The molecule has 0 aromatic heterocycles. The molecule has 0 atom stereocenters. The van der Waals surface area contributed by atoms with Gasteiger partial charge in [0.05, 0.1) is 0 Å². The zero-order valence-corrected chi connectivity index (χ0v) is 15.4. The van der Waals surface area contributed by atoms with Gasteiger partial charge in [-0.15, -0.1) is 0 Å². The quantitative estimate of drug-likeness (QED) is 0.707. The summed E-state index contributed by atoms with van der Waals surface area (Å²) in [7, 11) is 0. The Hall–Kier alpha value is -1.59. The van der Waals surface area contributed by atoms with Gasteiger partial charge in [0.25, 0.3) is 0 Å². The lowest BCUT2D eigenvalue weighted by Crippen LogP contribution is -2.48. The third kappa shape index (κ3) is 5.72. The van der Waals surface area contributed by atoms with Crippen molar-refractivity contribution in [3.63, 3.8) is 0 Å². The van der Waals surface area contributed by atoms with Crippen molar-refractivity contribution in [1.82, 2.24) is 14.7 Å². The van der Waals surface area contributed by atoms with Gasteiger partial charge in [-0.05, 0) is 56.5 Å². The van der Waals surface area contributed by atoms with Crippen LogP contribution in [-0.4, -0.2) is 80.1 Å². The van der Waals surface area contributed by atoms with E-state index in [2.05, 4.69) is 28.9 Å². The van der Waals surface area contributed by atoms with Crippen molar-refractivity contribution in [2.24, 2.45) is 5.92 Å². The number of likely N-dealkylation sites (tertiary alicyclic amines) is 1. The van der Waals surface area contributed by atoms with E-state index in [-0.39, 0.29) is 0 Å². The minimum atomic E-state index is 0.766. The van der Waals surface area contributed by atoms with E-state index < -0.39 is 0 Å². The van der Waals surface area contributed by atoms with Crippen molar-refractivity contribution in [2.45, 2.75) is 19.8 Å². The molecule has 25 heavy (non-hydrogen) atoms. The van der Waals surface area contributed by atoms with Gasteiger partial charge in [-0.1, -0.05) is 12.1 Å². The van der Waals surface area contributed by atoms with Crippen LogP contribution in [0.5, 0.6) is 5.75 Å². The van der Waals surface area contributed by atoms with Gasteiger partial charge < -0.3 is 9.64 Å². The number of aryl methyl sites for hydroxylation is 1. The summed E-state index contributed by atoms with van der Waals surface area (Å²) in [5.41, 5.74) is 1.24. The molecule has 2 fully saturated rings. The van der Waals surface area contributed by atoms with Crippen LogP contribution in [0.3, 0.4) is 0 Å². The van der Waals surface area contributed by atoms with Crippen molar-refractivity contribution >= 4 is 6.41 Å². The zero-order chi connectivity index (χ0) is 17.5. The van der Waals surface area contributed by atoms with Gasteiger partial charge in [0.2, 0.25) is 6.41 Å². The predicted molar refractivity (Wildman–Crippen MR) is 99.9 cm³/mol. The van der Waals surface area contributed by atoms with E-state index >= 15 is 0 Å². The Labute approximate surface area is 151 Å². The predicted octanol–water partition coefficient (Wildman–Crippen LogP) is 1.86. The number of piperazine rings is 1. The summed E-state index contributed by atoms with van der Waals surface area (Å²) in [6.45, 7) is 11.3. The first-order chi connectivity index (χ1) is 12.2. The van der Waals surface area contributed by atoms with Gasteiger partial charge in [0.15, 0.2) is 0 Å². The largest absolute Gasteiger partial charge is 0.492 e. The van der Waals surface area contributed by atoms with E-state index in [1.54, 1.807) is 0 Å². The summed E-state index contributed by atoms with van der Waals surface area (Å²) in [6.07, 6.45) is 3.53. The maximum absolute atomic E-state index is 10.8. The first-order valence-electron chi connectivity index (χ1n) is 9.56. The lowest BCUT2D eigenvalue weighted by Gasteiger charge is -2.37. The van der Waals surface area contributed by atoms with Gasteiger partial charge in [-0.25, -0.2) is 0 Å². The van der Waals surface area contributed by atoms with Crippen LogP contribution in [0.4, 0.5) is 0 Å². The van der Waals surface area contributed by atoms with Crippen LogP contribution in [0.2, 0.25) is 0 Å². The second-order valence-corrected chi connectivity index (χ2v) is 7.39. The molecular formula is C20H31N3O2. The standard InChI is InChI=1S/C20H31N3O2/c1-18-3-2-4-20(15-18)25-14-13-21-7-5-19(6-8-21)16-22-9-11-23(17-24)12-10-22/h2-4,15,17,19H,5-14,16H2,1H3. The molecule has 2 saturated heterocycles. The normalized spacial score (nSPS) is 20.6. The average Bonchev–Trinajstić information content (AvgIpc) is 2.64. The monoisotopic (exact) mass is 345 g/mol. The molecule has 2 heterocycles. The van der Waals surface area contributed by atoms with Crippen molar-refractivity contribution in [3.05, 3.63) is 29.8 Å². The lowest BCUT2D eigenvalue weighted by molar-refractivity contribution is -0.119. The fourth-order valence-electron chi connectivity index (χ4n) is 3.81. The minimum Gasteiger partial charge on any atom is -0.492 e. The molecule has 5 heteroatoms. The lowest BCUT2D eigenvalue weighted by atomic mass is 9.96. The molecule has 0 radical (unpaired) electrons. The van der Waals surface area contributed by atoms with Crippen LogP contribution in [0, 0.1) is 12.8 Å². The third-order valence-electron chi connectivity index (χ3n) is 5.45. The molecular weight excluding hydrogens is 314 g/mol. The molecule has 2 aliphatic rings. The van der Waals surface area contributed by atoms with E-state index in [4.69, 9.17) is 4.74 Å². The average molecular weight is 345 g/mol. The molecule has 0 bridgehead atoms. The summed E-state index contributed by atoms with van der Waals surface area (Å²) in [5.74, 6) is 1.78. The smallest absolute Gasteiger partial charge is 0.209 e. The zero-order valence-electron chi connectivity index (χ0n) is 15.4. The van der Waals surface area contributed by atoms with Crippen LogP contribution in [0.25, 0.3) is 0 Å². The van der Waals surface area contributed by atoms with E-state index in [1.807, 2.05) is 17.0 Å². The maximum atomic E-state index is 10.8. The second kappa shape index (κ2) is 9.20. The number of hydrogen-bond donors (Lipinski definition) is 0. The SMILES string of the molecule is Cc1cccc(OCCN2CCC(CN3CCN(C=O)CC3)CC2)c1. The Bertz CT molecular complexity index is 535. The number of carbonyl (C=O) groups is 1. The van der Waals surface area contributed by atoms with Crippen LogP contribution in [0.1, 0.15) is 18.4 Å². The maximum Gasteiger partial charge on any atom is 0.209 e. The molecule has 1 aromatic carbocycles. The molecule has 5 nitrogen and oxygen atoms in total. The van der Waals surface area contributed by atoms with E-state index in [0.29, 0.717) is 0 Å². The molecule has 0 aliphatic carbocycles. The minimum absolute atomic E-state index is 0.766. The molecule has 0 spiro atoms. The number of rotatable bonds is 7. The summed E-state index contributed by atoms with van der Waals surface area (Å²) in [6, 6.07) is 8.27. The Balaban J connectivity index is 1.30.